The van der Waals surface area contributed by atoms with Crippen LogP contribution in [0.25, 0.3) is 11.0 Å². The van der Waals surface area contributed by atoms with Crippen molar-refractivity contribution in [2.75, 3.05) is 12.4 Å². The Kier molecular flexibility index (Phi) is 3.97. The van der Waals surface area contributed by atoms with Crippen LogP contribution >= 0.6 is 11.6 Å². The molecule has 4 heteroatoms. The van der Waals surface area contributed by atoms with Crippen molar-refractivity contribution in [1.82, 2.24) is 4.90 Å². The minimum absolute atomic E-state index is 0.0336. The molecule has 0 saturated heterocycles. The lowest BCUT2D eigenvalue weighted by molar-refractivity contribution is 0.0665. The lowest BCUT2D eigenvalue weighted by Gasteiger charge is -2.27. The monoisotopic (exact) mass is 291 g/mol. The summed E-state index contributed by atoms with van der Waals surface area (Å²) in [4.78, 5) is 14.6. The van der Waals surface area contributed by atoms with Gasteiger partial charge >= 0.3 is 0 Å². The quantitative estimate of drug-likeness (QED) is 0.796. The number of carbonyl (C=O) groups is 1. The number of benzene rings is 1. The second-order valence-electron chi connectivity index (χ2n) is 5.27. The van der Waals surface area contributed by atoms with Crippen molar-refractivity contribution >= 4 is 28.5 Å². The van der Waals surface area contributed by atoms with Gasteiger partial charge in [0.15, 0.2) is 5.76 Å². The zero-order valence-corrected chi connectivity index (χ0v) is 12.1. The number of fused-ring (bicyclic) bond motifs is 1. The molecule has 20 heavy (non-hydrogen) atoms. The third-order valence-electron chi connectivity index (χ3n) is 3.99. The predicted octanol–water partition coefficient (Wildman–Crippen LogP) is 4.06. The van der Waals surface area contributed by atoms with Crippen molar-refractivity contribution in [2.24, 2.45) is 0 Å². The van der Waals surface area contributed by atoms with Crippen LogP contribution in [-0.2, 0) is 0 Å². The molecule has 0 aliphatic heterocycles. The van der Waals surface area contributed by atoms with E-state index in [-0.39, 0.29) is 5.91 Å². The molecule has 106 valence electrons. The number of hydrogen-bond acceptors (Lipinski definition) is 2. The minimum atomic E-state index is -0.0336. The van der Waals surface area contributed by atoms with E-state index in [2.05, 4.69) is 0 Å². The normalized spacial score (nSPS) is 15.8. The predicted molar refractivity (Wildman–Crippen MR) is 80.2 cm³/mol. The maximum atomic E-state index is 12.7. The van der Waals surface area contributed by atoms with Gasteiger partial charge in [-0.3, -0.25) is 4.79 Å². The molecule has 1 saturated carbocycles. The summed E-state index contributed by atoms with van der Waals surface area (Å²) in [5.41, 5.74) is 0.757. The van der Waals surface area contributed by atoms with Crippen LogP contribution < -0.4 is 0 Å². The molecule has 3 rings (SSSR count). The first kappa shape index (κ1) is 13.5. The number of rotatable bonds is 4. The first-order chi connectivity index (χ1) is 9.79. The third kappa shape index (κ3) is 2.55. The van der Waals surface area contributed by atoms with E-state index in [0.29, 0.717) is 24.2 Å². The molecule has 0 unspecified atom stereocenters. The van der Waals surface area contributed by atoms with Gasteiger partial charge in [-0.2, -0.15) is 0 Å². The van der Waals surface area contributed by atoms with Crippen molar-refractivity contribution in [3.63, 3.8) is 0 Å². The average Bonchev–Trinajstić information content (AvgIpc) is 3.12. The highest BCUT2D eigenvalue weighted by molar-refractivity contribution is 6.18. The molecule has 1 aliphatic carbocycles. The van der Waals surface area contributed by atoms with E-state index in [4.69, 9.17) is 16.0 Å². The van der Waals surface area contributed by atoms with E-state index in [1.54, 1.807) is 0 Å². The van der Waals surface area contributed by atoms with E-state index >= 15 is 0 Å². The van der Waals surface area contributed by atoms with Crippen LogP contribution in [0.1, 0.15) is 36.2 Å². The summed E-state index contributed by atoms with van der Waals surface area (Å²) in [5.74, 6) is 0.847. The Morgan fingerprint density at radius 2 is 2.05 bits per heavy atom. The van der Waals surface area contributed by atoms with Crippen molar-refractivity contribution < 1.29 is 9.21 Å². The largest absolute Gasteiger partial charge is 0.451 e. The molecule has 1 amide bonds. The fourth-order valence-electron chi connectivity index (χ4n) is 2.99. The Hall–Kier alpha value is -1.48. The van der Waals surface area contributed by atoms with Crippen molar-refractivity contribution in [3.05, 3.63) is 36.1 Å². The van der Waals surface area contributed by atoms with Gasteiger partial charge in [0.05, 0.1) is 0 Å². The number of halogens is 1. The molecule has 0 bridgehead atoms. The van der Waals surface area contributed by atoms with Gasteiger partial charge in [-0.25, -0.2) is 0 Å². The highest BCUT2D eigenvalue weighted by Gasteiger charge is 2.28. The first-order valence-corrected chi connectivity index (χ1v) is 7.68. The van der Waals surface area contributed by atoms with Gasteiger partial charge in [0.25, 0.3) is 5.91 Å². The number of nitrogens with zero attached hydrogens (tertiary/aromatic N) is 1. The number of hydrogen-bond donors (Lipinski definition) is 0. The highest BCUT2D eigenvalue weighted by atomic mass is 35.5. The van der Waals surface area contributed by atoms with Gasteiger partial charge in [-0.15, -0.1) is 11.6 Å². The van der Waals surface area contributed by atoms with Crippen LogP contribution in [-0.4, -0.2) is 29.3 Å². The first-order valence-electron chi connectivity index (χ1n) is 7.15. The second kappa shape index (κ2) is 5.88. The summed E-state index contributed by atoms with van der Waals surface area (Å²) in [6, 6.07) is 9.83. The van der Waals surface area contributed by atoms with E-state index in [9.17, 15) is 4.79 Å². The Balaban J connectivity index is 1.87. The van der Waals surface area contributed by atoms with Crippen molar-refractivity contribution in [2.45, 2.75) is 31.7 Å². The summed E-state index contributed by atoms with van der Waals surface area (Å²) < 4.78 is 5.68. The van der Waals surface area contributed by atoms with Gasteiger partial charge in [0.2, 0.25) is 0 Å². The second-order valence-corrected chi connectivity index (χ2v) is 5.65. The Morgan fingerprint density at radius 1 is 1.30 bits per heavy atom. The molecule has 2 aromatic rings. The molecular formula is C16H18ClNO2. The van der Waals surface area contributed by atoms with Crippen LogP contribution in [0.2, 0.25) is 0 Å². The fraction of sp³-hybridized carbons (Fsp3) is 0.438. The van der Waals surface area contributed by atoms with Crippen molar-refractivity contribution in [3.8, 4) is 0 Å². The molecule has 3 nitrogen and oxygen atoms in total. The summed E-state index contributed by atoms with van der Waals surface area (Å²) in [7, 11) is 0. The van der Waals surface area contributed by atoms with Crippen molar-refractivity contribution in [1.29, 1.82) is 0 Å². The van der Waals surface area contributed by atoms with E-state index < -0.39 is 0 Å². The fourth-order valence-corrected chi connectivity index (χ4v) is 3.17. The molecule has 1 aromatic carbocycles. The van der Waals surface area contributed by atoms with Crippen LogP contribution in [0.3, 0.4) is 0 Å². The Morgan fingerprint density at radius 3 is 2.75 bits per heavy atom. The van der Waals surface area contributed by atoms with Crippen LogP contribution in [0.5, 0.6) is 0 Å². The number of amides is 1. The van der Waals surface area contributed by atoms with E-state index in [0.717, 1.165) is 23.8 Å². The summed E-state index contributed by atoms with van der Waals surface area (Å²) in [6.07, 6.45) is 4.53. The standard InChI is InChI=1S/C16H18ClNO2/c17-9-10-18(13-6-2-3-7-13)16(19)15-11-12-5-1-4-8-14(12)20-15/h1,4-5,8,11,13H,2-3,6-7,9-10H2. The molecule has 0 atom stereocenters. The summed E-state index contributed by atoms with van der Waals surface area (Å²) in [5, 5.41) is 0.966. The van der Waals surface area contributed by atoms with Gasteiger partial charge in [0, 0.05) is 23.9 Å². The molecule has 0 N–H and O–H groups in total. The van der Waals surface area contributed by atoms with Crippen LogP contribution in [0, 0.1) is 0 Å². The van der Waals surface area contributed by atoms with E-state index in [1.807, 2.05) is 35.2 Å². The number of alkyl halides is 1. The summed E-state index contributed by atoms with van der Waals surface area (Å²) >= 11 is 5.86. The molecule has 1 aliphatic rings. The molecule has 0 spiro atoms. The summed E-state index contributed by atoms with van der Waals surface area (Å²) in [6.45, 7) is 0.585. The van der Waals surface area contributed by atoms with Gasteiger partial charge in [0.1, 0.15) is 5.58 Å². The lowest BCUT2D eigenvalue weighted by atomic mass is 10.2. The molecule has 1 fully saturated rings. The molecular weight excluding hydrogens is 274 g/mol. The maximum Gasteiger partial charge on any atom is 0.289 e. The van der Waals surface area contributed by atoms with Gasteiger partial charge in [-0.05, 0) is 25.0 Å². The topological polar surface area (TPSA) is 33.5 Å². The van der Waals surface area contributed by atoms with Crippen LogP contribution in [0.15, 0.2) is 34.7 Å². The Bertz CT molecular complexity index is 568. The Labute approximate surface area is 123 Å². The van der Waals surface area contributed by atoms with Gasteiger partial charge in [-0.1, -0.05) is 31.0 Å². The molecule has 1 heterocycles. The smallest absolute Gasteiger partial charge is 0.289 e. The number of para-hydroxylation sites is 1. The number of carbonyl (C=O) groups excluding carboxylic acids is 1. The lowest BCUT2D eigenvalue weighted by Crippen LogP contribution is -2.40. The van der Waals surface area contributed by atoms with Crippen LogP contribution in [0.4, 0.5) is 0 Å². The minimum Gasteiger partial charge on any atom is -0.451 e. The molecule has 1 aromatic heterocycles. The maximum absolute atomic E-state index is 12.7. The van der Waals surface area contributed by atoms with E-state index in [1.165, 1.54) is 12.8 Å². The highest BCUT2D eigenvalue weighted by Crippen LogP contribution is 2.26. The number of furan rings is 1. The SMILES string of the molecule is O=C(c1cc2ccccc2o1)N(CCCl)C1CCCC1. The zero-order chi connectivity index (χ0) is 13.9. The third-order valence-corrected chi connectivity index (χ3v) is 4.16. The molecule has 0 radical (unpaired) electrons. The van der Waals surface area contributed by atoms with Gasteiger partial charge < -0.3 is 9.32 Å². The zero-order valence-electron chi connectivity index (χ0n) is 11.3. The average molecular weight is 292 g/mol.